The molecule has 1 atom stereocenters. The number of nitrogens with one attached hydrogen (secondary N) is 1. The fourth-order valence-electron chi connectivity index (χ4n) is 3.02. The summed E-state index contributed by atoms with van der Waals surface area (Å²) in [5.74, 6) is 7.36. The van der Waals surface area contributed by atoms with Gasteiger partial charge in [-0.05, 0) is 62.3 Å². The van der Waals surface area contributed by atoms with E-state index in [-0.39, 0.29) is 6.04 Å². The third-order valence-electron chi connectivity index (χ3n) is 4.16. The van der Waals surface area contributed by atoms with Crippen LogP contribution in [-0.4, -0.2) is 25.9 Å². The molecule has 0 aliphatic heterocycles. The average molecular weight is 357 g/mol. The second-order valence-electron chi connectivity index (χ2n) is 5.67. The summed E-state index contributed by atoms with van der Waals surface area (Å²) in [5.41, 5.74) is 4.13. The molecule has 3 N–H and O–H groups in total. The van der Waals surface area contributed by atoms with Crippen LogP contribution in [-0.2, 0) is 11.2 Å². The van der Waals surface area contributed by atoms with Crippen LogP contribution in [0.3, 0.4) is 0 Å². The summed E-state index contributed by atoms with van der Waals surface area (Å²) in [6.45, 7) is 2.86. The predicted octanol–water partition coefficient (Wildman–Crippen LogP) is 3.04. The van der Waals surface area contributed by atoms with Gasteiger partial charge in [-0.15, -0.1) is 0 Å². The number of benzene rings is 1. The lowest BCUT2D eigenvalue weighted by Crippen LogP contribution is -2.42. The van der Waals surface area contributed by atoms with Crippen LogP contribution in [0.5, 0.6) is 5.75 Å². The highest BCUT2D eigenvalue weighted by atomic mass is 79.9. The third kappa shape index (κ3) is 4.68. The van der Waals surface area contributed by atoms with E-state index < -0.39 is 0 Å². The van der Waals surface area contributed by atoms with Crippen LogP contribution in [0.15, 0.2) is 22.7 Å². The number of rotatable bonds is 8. The topological polar surface area (TPSA) is 56.5 Å². The first-order chi connectivity index (χ1) is 10.2. The molecule has 0 aromatic heterocycles. The molecular weight excluding hydrogens is 332 g/mol. The van der Waals surface area contributed by atoms with Crippen molar-refractivity contribution in [2.75, 3.05) is 13.7 Å². The quantitative estimate of drug-likeness (QED) is 0.555. The first-order valence-corrected chi connectivity index (χ1v) is 8.35. The molecule has 0 spiro atoms. The van der Waals surface area contributed by atoms with Gasteiger partial charge in [-0.25, -0.2) is 0 Å². The normalized spacial score (nSPS) is 22.7. The fraction of sp³-hybridized carbons (Fsp3) is 0.625. The number of halogens is 1. The molecule has 21 heavy (non-hydrogen) atoms. The first-order valence-electron chi connectivity index (χ1n) is 7.56. The summed E-state index contributed by atoms with van der Waals surface area (Å²) in [7, 11) is 1.70. The first kappa shape index (κ1) is 16.7. The average Bonchev–Trinajstić information content (AvgIpc) is 2.44. The summed E-state index contributed by atoms with van der Waals surface area (Å²) in [4.78, 5) is 0. The van der Waals surface area contributed by atoms with E-state index in [2.05, 4.69) is 34.3 Å². The van der Waals surface area contributed by atoms with E-state index >= 15 is 0 Å². The lowest BCUT2D eigenvalue weighted by atomic mass is 9.77. The molecule has 1 fully saturated rings. The van der Waals surface area contributed by atoms with Gasteiger partial charge in [0.15, 0.2) is 0 Å². The molecule has 4 nitrogen and oxygen atoms in total. The minimum atomic E-state index is 0.265. The van der Waals surface area contributed by atoms with Crippen LogP contribution < -0.4 is 16.0 Å². The van der Waals surface area contributed by atoms with Crippen molar-refractivity contribution < 1.29 is 9.47 Å². The van der Waals surface area contributed by atoms with E-state index in [4.69, 9.17) is 15.3 Å². The number of methoxy groups -OCH3 is 1. The molecule has 0 heterocycles. The molecular formula is C16H25BrN2O2. The second-order valence-corrected chi connectivity index (χ2v) is 6.59. The summed E-state index contributed by atoms with van der Waals surface area (Å²) in [6.07, 6.45) is 4.72. The Hall–Kier alpha value is -0.620. The van der Waals surface area contributed by atoms with Gasteiger partial charge >= 0.3 is 0 Å². The van der Waals surface area contributed by atoms with Gasteiger partial charge in [0.2, 0.25) is 0 Å². The minimum absolute atomic E-state index is 0.265. The molecule has 5 heteroatoms. The Morgan fingerprint density at radius 2 is 2.19 bits per heavy atom. The second kappa shape index (κ2) is 8.13. The Morgan fingerprint density at radius 1 is 1.43 bits per heavy atom. The van der Waals surface area contributed by atoms with Gasteiger partial charge < -0.3 is 9.47 Å². The van der Waals surface area contributed by atoms with Crippen molar-refractivity contribution in [1.29, 1.82) is 0 Å². The summed E-state index contributed by atoms with van der Waals surface area (Å²) >= 11 is 3.51. The van der Waals surface area contributed by atoms with Crippen molar-refractivity contribution in [3.63, 3.8) is 0 Å². The van der Waals surface area contributed by atoms with E-state index in [1.165, 1.54) is 5.56 Å². The molecule has 1 aromatic rings. The van der Waals surface area contributed by atoms with E-state index in [0.717, 1.165) is 42.5 Å². The lowest BCUT2D eigenvalue weighted by molar-refractivity contribution is -0.0290. The van der Waals surface area contributed by atoms with Gasteiger partial charge in [0.05, 0.1) is 13.2 Å². The molecule has 2 rings (SSSR count). The number of ether oxygens (including phenoxy) is 2. The van der Waals surface area contributed by atoms with E-state index in [1.54, 1.807) is 7.11 Å². The van der Waals surface area contributed by atoms with Crippen molar-refractivity contribution in [3.8, 4) is 5.75 Å². The SMILES string of the molecule is CCOC1CC(CC(Cc2cc(Br)ccc2OC)NN)C1. The highest BCUT2D eigenvalue weighted by molar-refractivity contribution is 9.10. The van der Waals surface area contributed by atoms with Crippen molar-refractivity contribution in [1.82, 2.24) is 5.43 Å². The Labute approximate surface area is 135 Å². The summed E-state index contributed by atoms with van der Waals surface area (Å²) < 4.78 is 12.1. The fourth-order valence-corrected chi connectivity index (χ4v) is 3.43. The zero-order valence-electron chi connectivity index (χ0n) is 12.8. The van der Waals surface area contributed by atoms with Crippen molar-refractivity contribution in [2.24, 2.45) is 11.8 Å². The predicted molar refractivity (Wildman–Crippen MR) is 88.3 cm³/mol. The number of nitrogens with two attached hydrogens (primary N) is 1. The number of hydrogen-bond donors (Lipinski definition) is 2. The molecule has 0 radical (unpaired) electrons. The van der Waals surface area contributed by atoms with Crippen molar-refractivity contribution in [2.45, 2.75) is 44.8 Å². The molecule has 0 bridgehead atoms. The Morgan fingerprint density at radius 3 is 2.81 bits per heavy atom. The summed E-state index contributed by atoms with van der Waals surface area (Å²) in [5, 5.41) is 0. The van der Waals surface area contributed by atoms with Crippen LogP contribution in [0, 0.1) is 5.92 Å². The monoisotopic (exact) mass is 356 g/mol. The van der Waals surface area contributed by atoms with Crippen molar-refractivity contribution >= 4 is 15.9 Å². The van der Waals surface area contributed by atoms with Gasteiger partial charge in [0, 0.05) is 17.1 Å². The zero-order chi connectivity index (χ0) is 15.2. The largest absolute Gasteiger partial charge is 0.496 e. The number of hydrogen-bond acceptors (Lipinski definition) is 4. The Bertz CT molecular complexity index is 450. The van der Waals surface area contributed by atoms with Gasteiger partial charge in [-0.2, -0.15) is 0 Å². The zero-order valence-corrected chi connectivity index (χ0v) is 14.4. The summed E-state index contributed by atoms with van der Waals surface area (Å²) in [6, 6.07) is 6.35. The number of hydrazine groups is 1. The van der Waals surface area contributed by atoms with E-state index in [1.807, 2.05) is 12.1 Å². The van der Waals surface area contributed by atoms with Crippen molar-refractivity contribution in [3.05, 3.63) is 28.2 Å². The van der Waals surface area contributed by atoms with Gasteiger partial charge in [-0.3, -0.25) is 11.3 Å². The Balaban J connectivity index is 1.89. The van der Waals surface area contributed by atoms with E-state index in [0.29, 0.717) is 12.0 Å². The highest BCUT2D eigenvalue weighted by Crippen LogP contribution is 2.34. The maximum absolute atomic E-state index is 5.74. The van der Waals surface area contributed by atoms with E-state index in [9.17, 15) is 0 Å². The lowest BCUT2D eigenvalue weighted by Gasteiger charge is -2.37. The molecule has 118 valence electrons. The highest BCUT2D eigenvalue weighted by Gasteiger charge is 2.31. The van der Waals surface area contributed by atoms with Crippen LogP contribution in [0.1, 0.15) is 31.7 Å². The molecule has 1 aromatic carbocycles. The maximum Gasteiger partial charge on any atom is 0.122 e. The molecule has 0 saturated heterocycles. The molecule has 1 aliphatic carbocycles. The van der Waals surface area contributed by atoms with Crippen LogP contribution >= 0.6 is 15.9 Å². The van der Waals surface area contributed by atoms with Gasteiger partial charge in [-0.1, -0.05) is 15.9 Å². The van der Waals surface area contributed by atoms with Crippen LogP contribution in [0.2, 0.25) is 0 Å². The standard InChI is InChI=1S/C16H25BrN2O2/c1-3-21-15-7-11(8-15)6-14(19-18)10-12-9-13(17)4-5-16(12)20-2/h4-5,9,11,14-15,19H,3,6-8,10,18H2,1-2H3. The molecule has 1 unspecified atom stereocenters. The minimum Gasteiger partial charge on any atom is -0.496 e. The Kier molecular flexibility index (Phi) is 6.48. The molecule has 1 aliphatic rings. The van der Waals surface area contributed by atoms with Crippen LogP contribution in [0.4, 0.5) is 0 Å². The maximum atomic E-state index is 5.74. The molecule has 0 amide bonds. The van der Waals surface area contributed by atoms with Gasteiger partial charge in [0.1, 0.15) is 5.75 Å². The smallest absolute Gasteiger partial charge is 0.122 e. The van der Waals surface area contributed by atoms with Crippen LogP contribution in [0.25, 0.3) is 0 Å². The molecule has 1 saturated carbocycles. The van der Waals surface area contributed by atoms with Gasteiger partial charge in [0.25, 0.3) is 0 Å². The third-order valence-corrected chi connectivity index (χ3v) is 4.65.